The Balaban J connectivity index is 2.03. The van der Waals surface area contributed by atoms with Crippen molar-refractivity contribution in [3.63, 3.8) is 0 Å². The molecule has 2 rings (SSSR count). The van der Waals surface area contributed by atoms with Gasteiger partial charge in [-0.15, -0.1) is 11.8 Å². The van der Waals surface area contributed by atoms with Crippen LogP contribution in [-0.4, -0.2) is 18.8 Å². The third kappa shape index (κ3) is 3.69. The standard InChI is InChI=1S/C14H15F3O2S/c1-19-12(18)8-13(6-7-13)9-20-11-5-3-2-4-10(11)14(15,16)17/h2-5H,6-9H2,1H3. The molecular formula is C14H15F3O2S. The van der Waals surface area contributed by atoms with Crippen LogP contribution in [0.3, 0.4) is 0 Å². The fourth-order valence-electron chi connectivity index (χ4n) is 1.98. The molecule has 1 aliphatic rings. The van der Waals surface area contributed by atoms with Crippen LogP contribution >= 0.6 is 11.8 Å². The largest absolute Gasteiger partial charge is 0.469 e. The minimum absolute atomic E-state index is 0.184. The Morgan fingerprint density at radius 3 is 2.55 bits per heavy atom. The fourth-order valence-corrected chi connectivity index (χ4v) is 3.35. The number of halogens is 3. The molecule has 0 spiro atoms. The molecule has 0 aliphatic heterocycles. The number of rotatable bonds is 5. The van der Waals surface area contributed by atoms with Gasteiger partial charge in [0.2, 0.25) is 0 Å². The second-order valence-electron chi connectivity index (χ2n) is 5.04. The molecule has 0 heterocycles. The Bertz CT molecular complexity index is 495. The van der Waals surface area contributed by atoms with Crippen molar-refractivity contribution >= 4 is 17.7 Å². The van der Waals surface area contributed by atoms with Crippen molar-refractivity contribution < 1.29 is 22.7 Å². The zero-order valence-corrected chi connectivity index (χ0v) is 11.8. The lowest BCUT2D eigenvalue weighted by atomic mass is 10.1. The Morgan fingerprint density at radius 2 is 2.00 bits per heavy atom. The van der Waals surface area contributed by atoms with E-state index in [1.165, 1.54) is 31.0 Å². The summed E-state index contributed by atoms with van der Waals surface area (Å²) in [7, 11) is 1.32. The van der Waals surface area contributed by atoms with Gasteiger partial charge >= 0.3 is 12.1 Å². The smallest absolute Gasteiger partial charge is 0.417 e. The number of hydrogen-bond donors (Lipinski definition) is 0. The molecule has 20 heavy (non-hydrogen) atoms. The average Bonchev–Trinajstić information content (AvgIpc) is 3.16. The highest BCUT2D eigenvalue weighted by atomic mass is 32.2. The van der Waals surface area contributed by atoms with Gasteiger partial charge in [0, 0.05) is 10.6 Å². The minimum atomic E-state index is -4.34. The molecule has 0 amide bonds. The summed E-state index contributed by atoms with van der Waals surface area (Å²) in [6, 6.07) is 5.54. The zero-order valence-electron chi connectivity index (χ0n) is 11.0. The van der Waals surface area contributed by atoms with Crippen molar-refractivity contribution in [3.8, 4) is 0 Å². The molecule has 1 aromatic carbocycles. The molecule has 1 saturated carbocycles. The molecule has 1 aromatic rings. The summed E-state index contributed by atoms with van der Waals surface area (Å²) in [6.45, 7) is 0. The van der Waals surface area contributed by atoms with E-state index in [4.69, 9.17) is 0 Å². The first kappa shape index (κ1) is 15.2. The van der Waals surface area contributed by atoms with Crippen LogP contribution in [0, 0.1) is 5.41 Å². The summed E-state index contributed by atoms with van der Waals surface area (Å²) in [6.07, 6.45) is -2.33. The molecular weight excluding hydrogens is 289 g/mol. The molecule has 1 aliphatic carbocycles. The van der Waals surface area contributed by atoms with E-state index in [1.54, 1.807) is 6.07 Å². The van der Waals surface area contributed by atoms with Crippen LogP contribution in [0.2, 0.25) is 0 Å². The predicted molar refractivity (Wildman–Crippen MR) is 70.5 cm³/mol. The fraction of sp³-hybridized carbons (Fsp3) is 0.500. The van der Waals surface area contributed by atoms with Crippen LogP contribution < -0.4 is 0 Å². The van der Waals surface area contributed by atoms with Gasteiger partial charge in [0.25, 0.3) is 0 Å². The predicted octanol–water partition coefficient (Wildman–Crippen LogP) is 4.14. The van der Waals surface area contributed by atoms with Crippen molar-refractivity contribution in [1.82, 2.24) is 0 Å². The SMILES string of the molecule is COC(=O)CC1(CSc2ccccc2C(F)(F)F)CC1. The number of thioether (sulfide) groups is 1. The molecule has 0 N–H and O–H groups in total. The summed E-state index contributed by atoms with van der Waals surface area (Å²) in [5, 5.41) is 0. The van der Waals surface area contributed by atoms with Gasteiger partial charge in [-0.05, 0) is 30.4 Å². The first-order chi connectivity index (χ1) is 9.36. The Hall–Kier alpha value is -1.17. The number of hydrogen-bond acceptors (Lipinski definition) is 3. The lowest BCUT2D eigenvalue weighted by molar-refractivity contribution is -0.142. The van der Waals surface area contributed by atoms with Crippen molar-refractivity contribution in [1.29, 1.82) is 0 Å². The molecule has 0 bridgehead atoms. The average molecular weight is 304 g/mol. The van der Waals surface area contributed by atoms with E-state index in [2.05, 4.69) is 4.74 Å². The van der Waals surface area contributed by atoms with Crippen LogP contribution in [0.25, 0.3) is 0 Å². The molecule has 0 aromatic heterocycles. The summed E-state index contributed by atoms with van der Waals surface area (Å²) >= 11 is 1.17. The highest BCUT2D eigenvalue weighted by Gasteiger charge is 2.45. The van der Waals surface area contributed by atoms with Gasteiger partial charge in [0.1, 0.15) is 0 Å². The van der Waals surface area contributed by atoms with Crippen molar-refractivity contribution in [2.24, 2.45) is 5.41 Å². The molecule has 110 valence electrons. The lowest BCUT2D eigenvalue weighted by Crippen LogP contribution is -2.13. The van der Waals surface area contributed by atoms with Crippen LogP contribution in [0.4, 0.5) is 13.2 Å². The topological polar surface area (TPSA) is 26.3 Å². The van der Waals surface area contributed by atoms with E-state index in [-0.39, 0.29) is 22.7 Å². The molecule has 0 radical (unpaired) electrons. The second-order valence-corrected chi connectivity index (χ2v) is 6.05. The highest BCUT2D eigenvalue weighted by Crippen LogP contribution is 2.52. The number of benzene rings is 1. The first-order valence-corrected chi connectivity index (χ1v) is 7.21. The Morgan fingerprint density at radius 1 is 1.35 bits per heavy atom. The molecule has 6 heteroatoms. The van der Waals surface area contributed by atoms with E-state index in [9.17, 15) is 18.0 Å². The van der Waals surface area contributed by atoms with E-state index < -0.39 is 11.7 Å². The quantitative estimate of drug-likeness (QED) is 0.604. The van der Waals surface area contributed by atoms with Gasteiger partial charge in [-0.1, -0.05) is 12.1 Å². The Labute approximate surface area is 119 Å². The van der Waals surface area contributed by atoms with E-state index in [0.717, 1.165) is 18.9 Å². The maximum atomic E-state index is 12.9. The van der Waals surface area contributed by atoms with Gasteiger partial charge in [-0.3, -0.25) is 4.79 Å². The maximum absolute atomic E-state index is 12.9. The highest BCUT2D eigenvalue weighted by molar-refractivity contribution is 7.99. The van der Waals surface area contributed by atoms with Gasteiger partial charge in [-0.25, -0.2) is 0 Å². The molecule has 2 nitrogen and oxygen atoms in total. The van der Waals surface area contributed by atoms with E-state index in [1.807, 2.05) is 0 Å². The zero-order chi connectivity index (χ0) is 14.8. The first-order valence-electron chi connectivity index (χ1n) is 6.22. The van der Waals surface area contributed by atoms with Crippen LogP contribution in [0.5, 0.6) is 0 Å². The molecule has 0 unspecified atom stereocenters. The number of alkyl halides is 3. The maximum Gasteiger partial charge on any atom is 0.417 e. The minimum Gasteiger partial charge on any atom is -0.469 e. The van der Waals surface area contributed by atoms with E-state index in [0.29, 0.717) is 5.75 Å². The number of carbonyl (C=O) groups is 1. The number of esters is 1. The van der Waals surface area contributed by atoms with Crippen molar-refractivity contribution in [2.75, 3.05) is 12.9 Å². The van der Waals surface area contributed by atoms with Gasteiger partial charge in [0.05, 0.1) is 19.1 Å². The van der Waals surface area contributed by atoms with Gasteiger partial charge in [0.15, 0.2) is 0 Å². The van der Waals surface area contributed by atoms with E-state index >= 15 is 0 Å². The second kappa shape index (κ2) is 5.68. The van der Waals surface area contributed by atoms with Crippen LogP contribution in [0.15, 0.2) is 29.2 Å². The third-order valence-electron chi connectivity index (χ3n) is 3.43. The Kier molecular flexibility index (Phi) is 4.32. The van der Waals surface area contributed by atoms with Crippen LogP contribution in [0.1, 0.15) is 24.8 Å². The normalized spacial score (nSPS) is 16.8. The number of carbonyl (C=O) groups excluding carboxylic acids is 1. The summed E-state index contributed by atoms with van der Waals surface area (Å²) in [5.74, 6) is 0.210. The van der Waals surface area contributed by atoms with Gasteiger partial charge < -0.3 is 4.74 Å². The monoisotopic (exact) mass is 304 g/mol. The van der Waals surface area contributed by atoms with Crippen molar-refractivity contribution in [2.45, 2.75) is 30.3 Å². The summed E-state index contributed by atoms with van der Waals surface area (Å²) in [4.78, 5) is 11.5. The number of methoxy groups -OCH3 is 1. The third-order valence-corrected chi connectivity index (χ3v) is 4.85. The lowest BCUT2D eigenvalue weighted by Gasteiger charge is -2.16. The molecule has 0 atom stereocenters. The molecule has 0 saturated heterocycles. The molecule has 1 fully saturated rings. The van der Waals surface area contributed by atoms with Crippen LogP contribution in [-0.2, 0) is 15.7 Å². The van der Waals surface area contributed by atoms with Gasteiger partial charge in [-0.2, -0.15) is 13.2 Å². The van der Waals surface area contributed by atoms with Crippen molar-refractivity contribution in [3.05, 3.63) is 29.8 Å². The number of ether oxygens (including phenoxy) is 1. The summed E-state index contributed by atoms with van der Waals surface area (Å²) in [5.41, 5.74) is -0.796. The summed E-state index contributed by atoms with van der Waals surface area (Å²) < 4.78 is 43.2.